The largest absolute Gasteiger partial charge is 0.495 e. The van der Waals surface area contributed by atoms with E-state index in [1.165, 1.54) is 11.8 Å². The van der Waals surface area contributed by atoms with Crippen LogP contribution < -0.4 is 10.1 Å². The van der Waals surface area contributed by atoms with Gasteiger partial charge in [0, 0.05) is 12.0 Å². The predicted molar refractivity (Wildman–Crippen MR) is 104 cm³/mol. The van der Waals surface area contributed by atoms with E-state index >= 15 is 0 Å². The van der Waals surface area contributed by atoms with Gasteiger partial charge < -0.3 is 14.6 Å². The van der Waals surface area contributed by atoms with E-state index in [1.54, 1.807) is 7.11 Å². The lowest BCUT2D eigenvalue weighted by molar-refractivity contribution is -0.115. The van der Waals surface area contributed by atoms with Crippen molar-refractivity contribution in [3.8, 4) is 5.75 Å². The molecule has 3 rings (SSSR count). The first-order valence-corrected chi connectivity index (χ1v) is 9.85. The van der Waals surface area contributed by atoms with E-state index in [0.29, 0.717) is 23.4 Å². The molecule has 7 heteroatoms. The number of hydrogen-bond donors (Lipinski definition) is 1. The van der Waals surface area contributed by atoms with Crippen molar-refractivity contribution in [3.05, 3.63) is 29.6 Å². The number of aromatic nitrogens is 3. The average Bonchev–Trinajstić information content (AvgIpc) is 3.35. The zero-order valence-corrected chi connectivity index (χ0v) is 16.8. The van der Waals surface area contributed by atoms with E-state index in [1.807, 2.05) is 32.0 Å². The lowest BCUT2D eigenvalue weighted by Gasteiger charge is -2.15. The predicted octanol–water partition coefficient (Wildman–Crippen LogP) is 4.17. The van der Waals surface area contributed by atoms with Crippen LogP contribution >= 0.6 is 11.8 Å². The van der Waals surface area contributed by atoms with Crippen molar-refractivity contribution in [2.24, 2.45) is 0 Å². The Balaban J connectivity index is 1.73. The topological polar surface area (TPSA) is 69.0 Å². The second-order valence-electron chi connectivity index (χ2n) is 7.05. The van der Waals surface area contributed by atoms with Gasteiger partial charge in [-0.3, -0.25) is 4.79 Å². The maximum atomic E-state index is 12.7. The molecular weight excluding hydrogens is 348 g/mol. The van der Waals surface area contributed by atoms with Crippen molar-refractivity contribution < 1.29 is 9.53 Å². The molecule has 0 unspecified atom stereocenters. The Morgan fingerprint density at radius 3 is 2.65 bits per heavy atom. The molecular formula is C19H26N4O2S. The van der Waals surface area contributed by atoms with Gasteiger partial charge in [-0.15, -0.1) is 10.2 Å². The summed E-state index contributed by atoms with van der Waals surface area (Å²) in [5.74, 6) is 1.90. The Bertz CT molecular complexity index is 799. The molecule has 1 fully saturated rings. The van der Waals surface area contributed by atoms with E-state index in [4.69, 9.17) is 4.74 Å². The maximum absolute atomic E-state index is 12.7. The van der Waals surface area contributed by atoms with Crippen LogP contribution in [0.5, 0.6) is 5.75 Å². The molecule has 26 heavy (non-hydrogen) atoms. The molecule has 1 heterocycles. The van der Waals surface area contributed by atoms with Gasteiger partial charge in [-0.05, 0) is 44.4 Å². The van der Waals surface area contributed by atoms with E-state index in [2.05, 4.69) is 33.9 Å². The molecule has 0 saturated heterocycles. The van der Waals surface area contributed by atoms with Gasteiger partial charge in [0.15, 0.2) is 5.16 Å². The zero-order valence-electron chi connectivity index (χ0n) is 15.9. The SMILES string of the molecule is COc1ccc(C)cc1NC(=O)[C@H](C)Sc1nnc(C(C)C)n1C1CC1. The zero-order chi connectivity index (χ0) is 18.8. The summed E-state index contributed by atoms with van der Waals surface area (Å²) in [5.41, 5.74) is 1.76. The number of carbonyl (C=O) groups is 1. The summed E-state index contributed by atoms with van der Waals surface area (Å²) in [6.07, 6.45) is 2.32. The number of anilines is 1. The van der Waals surface area contributed by atoms with Crippen molar-refractivity contribution >= 4 is 23.4 Å². The van der Waals surface area contributed by atoms with Gasteiger partial charge >= 0.3 is 0 Å². The van der Waals surface area contributed by atoms with Crippen molar-refractivity contribution in [3.63, 3.8) is 0 Å². The van der Waals surface area contributed by atoms with Crippen LogP contribution in [0.3, 0.4) is 0 Å². The van der Waals surface area contributed by atoms with Crippen LogP contribution in [0.1, 0.15) is 57.0 Å². The first-order chi connectivity index (χ1) is 12.4. The van der Waals surface area contributed by atoms with Gasteiger partial charge in [-0.2, -0.15) is 0 Å². The molecule has 1 amide bonds. The van der Waals surface area contributed by atoms with Gasteiger partial charge in [0.25, 0.3) is 0 Å². The van der Waals surface area contributed by atoms with E-state index in [9.17, 15) is 4.79 Å². The molecule has 1 N–H and O–H groups in total. The third-order valence-electron chi connectivity index (χ3n) is 4.38. The fraction of sp³-hybridized carbons (Fsp3) is 0.526. The highest BCUT2D eigenvalue weighted by molar-refractivity contribution is 8.00. The number of thioether (sulfide) groups is 1. The van der Waals surface area contributed by atoms with Crippen LogP contribution in [-0.2, 0) is 4.79 Å². The Kier molecular flexibility index (Phi) is 5.55. The standard InChI is InChI=1S/C19H26N4O2S/c1-11(2)17-21-22-19(23(17)14-7-8-14)26-13(4)18(24)20-15-10-12(3)6-9-16(15)25-5/h6,9-11,13-14H,7-8H2,1-5H3,(H,20,24)/t13-/m0/s1. The van der Waals surface area contributed by atoms with Crippen LogP contribution in [0, 0.1) is 6.92 Å². The van der Waals surface area contributed by atoms with Crippen LogP contribution in [-0.4, -0.2) is 33.0 Å². The number of amides is 1. The fourth-order valence-electron chi connectivity index (χ4n) is 2.80. The van der Waals surface area contributed by atoms with Crippen LogP contribution in [0.2, 0.25) is 0 Å². The highest BCUT2D eigenvalue weighted by atomic mass is 32.2. The highest BCUT2D eigenvalue weighted by Gasteiger charge is 2.31. The van der Waals surface area contributed by atoms with Crippen molar-refractivity contribution in [1.29, 1.82) is 0 Å². The summed E-state index contributed by atoms with van der Waals surface area (Å²) in [7, 11) is 1.60. The third kappa shape index (κ3) is 4.03. The molecule has 1 aromatic heterocycles. The lowest BCUT2D eigenvalue weighted by Crippen LogP contribution is -2.23. The minimum absolute atomic E-state index is 0.0738. The molecule has 1 aliphatic rings. The number of rotatable bonds is 7. The monoisotopic (exact) mass is 374 g/mol. The average molecular weight is 375 g/mol. The number of aryl methyl sites for hydroxylation is 1. The highest BCUT2D eigenvalue weighted by Crippen LogP contribution is 2.40. The molecule has 1 aliphatic carbocycles. The minimum atomic E-state index is -0.290. The number of methoxy groups -OCH3 is 1. The number of ether oxygens (including phenoxy) is 1. The van der Waals surface area contributed by atoms with Crippen molar-refractivity contribution in [2.45, 2.75) is 62.9 Å². The molecule has 1 atom stereocenters. The quantitative estimate of drug-likeness (QED) is 0.737. The number of benzene rings is 1. The molecule has 0 bridgehead atoms. The Morgan fingerprint density at radius 2 is 2.04 bits per heavy atom. The van der Waals surface area contributed by atoms with Crippen molar-refractivity contribution in [2.75, 3.05) is 12.4 Å². The third-order valence-corrected chi connectivity index (χ3v) is 5.44. The molecule has 1 saturated carbocycles. The summed E-state index contributed by atoms with van der Waals surface area (Å²) in [6, 6.07) is 6.22. The molecule has 0 spiro atoms. The minimum Gasteiger partial charge on any atom is -0.495 e. The Hall–Kier alpha value is -2.02. The molecule has 0 aliphatic heterocycles. The normalized spacial score (nSPS) is 15.2. The Labute approximate surface area is 158 Å². The van der Waals surface area contributed by atoms with Crippen LogP contribution in [0.15, 0.2) is 23.4 Å². The molecule has 1 aromatic carbocycles. The van der Waals surface area contributed by atoms with Crippen molar-refractivity contribution in [1.82, 2.24) is 14.8 Å². The van der Waals surface area contributed by atoms with Gasteiger partial charge in [0.05, 0.1) is 18.0 Å². The summed E-state index contributed by atoms with van der Waals surface area (Å²) < 4.78 is 7.55. The lowest BCUT2D eigenvalue weighted by atomic mass is 10.2. The van der Waals surface area contributed by atoms with Gasteiger partial charge in [0.2, 0.25) is 5.91 Å². The van der Waals surface area contributed by atoms with E-state index in [0.717, 1.165) is 29.4 Å². The van der Waals surface area contributed by atoms with E-state index < -0.39 is 0 Å². The number of nitrogens with one attached hydrogen (secondary N) is 1. The second-order valence-corrected chi connectivity index (χ2v) is 8.36. The number of carbonyl (C=O) groups excluding carboxylic acids is 1. The molecule has 140 valence electrons. The van der Waals surface area contributed by atoms with Crippen LogP contribution in [0.4, 0.5) is 5.69 Å². The fourth-order valence-corrected chi connectivity index (χ4v) is 3.73. The molecule has 2 aromatic rings. The van der Waals surface area contributed by atoms with Gasteiger partial charge in [0.1, 0.15) is 11.6 Å². The number of nitrogens with zero attached hydrogens (tertiary/aromatic N) is 3. The maximum Gasteiger partial charge on any atom is 0.237 e. The summed E-state index contributed by atoms with van der Waals surface area (Å²) in [6.45, 7) is 8.12. The summed E-state index contributed by atoms with van der Waals surface area (Å²) >= 11 is 1.46. The molecule has 6 nitrogen and oxygen atoms in total. The summed E-state index contributed by atoms with van der Waals surface area (Å²) in [5, 5.41) is 12.2. The van der Waals surface area contributed by atoms with Crippen LogP contribution in [0.25, 0.3) is 0 Å². The van der Waals surface area contributed by atoms with Gasteiger partial charge in [-0.1, -0.05) is 31.7 Å². The Morgan fingerprint density at radius 1 is 1.31 bits per heavy atom. The first-order valence-electron chi connectivity index (χ1n) is 8.97. The van der Waals surface area contributed by atoms with Gasteiger partial charge in [-0.25, -0.2) is 0 Å². The number of hydrogen-bond acceptors (Lipinski definition) is 5. The summed E-state index contributed by atoms with van der Waals surface area (Å²) in [4.78, 5) is 12.7. The second kappa shape index (κ2) is 7.70. The molecule has 0 radical (unpaired) electrons. The smallest absolute Gasteiger partial charge is 0.237 e. The van der Waals surface area contributed by atoms with E-state index in [-0.39, 0.29) is 11.2 Å². The first kappa shape index (κ1) is 18.8.